The molecule has 0 radical (unpaired) electrons. The Kier molecular flexibility index (Phi) is 13.0. The molecule has 3 aromatic carbocycles. The molecule has 1 spiro atoms. The fourth-order valence-corrected chi connectivity index (χ4v) is 11.0. The van der Waals surface area contributed by atoms with Crippen LogP contribution < -0.4 is 10.6 Å². The second kappa shape index (κ2) is 19.1. The number of nitrogens with one attached hydrogen (secondary N) is 4. The van der Waals surface area contributed by atoms with Gasteiger partial charge in [0.05, 0.1) is 50.1 Å². The van der Waals surface area contributed by atoms with Crippen molar-refractivity contribution < 1.29 is 33.4 Å². The average Bonchev–Trinajstić information content (AvgIpc) is 4.22. The summed E-state index contributed by atoms with van der Waals surface area (Å²) in [5.41, 5.74) is 9.12. The van der Waals surface area contributed by atoms with E-state index in [4.69, 9.17) is 19.4 Å². The molecule has 4 unspecified atom stereocenters. The van der Waals surface area contributed by atoms with Crippen LogP contribution in [0.2, 0.25) is 0 Å². The van der Waals surface area contributed by atoms with Gasteiger partial charge in [-0.05, 0) is 102 Å². The number of carbonyl (C=O) groups is 5. The number of rotatable bonds is 12. The van der Waals surface area contributed by atoms with Crippen molar-refractivity contribution in [2.75, 3.05) is 27.3 Å². The maximum atomic E-state index is 14.5. The highest BCUT2D eigenvalue weighted by Crippen LogP contribution is 2.52. The first-order chi connectivity index (χ1) is 32.8. The van der Waals surface area contributed by atoms with Crippen LogP contribution in [0.4, 0.5) is 9.59 Å². The van der Waals surface area contributed by atoms with Gasteiger partial charge in [-0.25, -0.2) is 19.6 Å². The van der Waals surface area contributed by atoms with Crippen LogP contribution in [0.25, 0.3) is 44.8 Å². The van der Waals surface area contributed by atoms with Crippen molar-refractivity contribution in [2.45, 2.75) is 110 Å². The zero-order chi connectivity index (χ0) is 47.9. The van der Waals surface area contributed by atoms with Crippen molar-refractivity contribution in [3.05, 3.63) is 95.8 Å². The molecule has 2 aromatic heterocycles. The minimum absolute atomic E-state index is 0.123. The second-order valence-electron chi connectivity index (χ2n) is 19.7. The summed E-state index contributed by atoms with van der Waals surface area (Å²) >= 11 is 0. The third-order valence-electron chi connectivity index (χ3n) is 14.7. The van der Waals surface area contributed by atoms with E-state index in [0.29, 0.717) is 24.7 Å². The molecule has 4 N–H and O–H groups in total. The lowest BCUT2D eigenvalue weighted by Crippen LogP contribution is -2.51. The Morgan fingerprint density at radius 2 is 1.10 bits per heavy atom. The van der Waals surface area contributed by atoms with Gasteiger partial charge >= 0.3 is 12.2 Å². The number of nitrogens with zero attached hydrogens (tertiary/aromatic N) is 4. The Hall–Kier alpha value is -6.77. The molecule has 5 aromatic rings. The molecule has 2 saturated heterocycles. The van der Waals surface area contributed by atoms with E-state index in [2.05, 4.69) is 81.3 Å². The molecule has 15 nitrogen and oxygen atoms in total. The molecular formula is C53H62N8O7. The van der Waals surface area contributed by atoms with Crippen LogP contribution in [0.3, 0.4) is 0 Å². The van der Waals surface area contributed by atoms with E-state index < -0.39 is 24.3 Å². The fourth-order valence-electron chi connectivity index (χ4n) is 11.0. The van der Waals surface area contributed by atoms with E-state index in [9.17, 15) is 24.0 Å². The lowest BCUT2D eigenvalue weighted by atomic mass is 9.81. The molecule has 9 rings (SSSR count). The number of ether oxygens (including phenoxy) is 2. The number of Topliss-reactive ketones (excluding diaryl/α,β-unsaturated/α-hetero) is 1. The summed E-state index contributed by atoms with van der Waals surface area (Å²) in [7, 11) is 2.58. The van der Waals surface area contributed by atoms with Gasteiger partial charge in [0, 0.05) is 24.1 Å². The van der Waals surface area contributed by atoms with E-state index in [0.717, 1.165) is 114 Å². The number of benzene rings is 3. The van der Waals surface area contributed by atoms with Gasteiger partial charge < -0.3 is 39.9 Å². The Balaban J connectivity index is 0.956. The Morgan fingerprint density at radius 1 is 0.647 bits per heavy atom. The number of ketones is 1. The molecule has 2 aliphatic carbocycles. The van der Waals surface area contributed by atoms with E-state index in [1.54, 1.807) is 6.20 Å². The lowest BCUT2D eigenvalue weighted by Gasteiger charge is -2.30. The summed E-state index contributed by atoms with van der Waals surface area (Å²) < 4.78 is 9.59. The first-order valence-electron chi connectivity index (χ1n) is 24.1. The number of methoxy groups -OCH3 is 2. The molecule has 356 valence electrons. The monoisotopic (exact) mass is 922 g/mol. The van der Waals surface area contributed by atoms with E-state index in [-0.39, 0.29) is 46.9 Å². The van der Waals surface area contributed by atoms with E-state index in [1.165, 1.54) is 14.2 Å². The Bertz CT molecular complexity index is 2700. The van der Waals surface area contributed by atoms with Crippen molar-refractivity contribution in [3.63, 3.8) is 0 Å². The number of hydrogen-bond acceptors (Lipinski definition) is 9. The highest BCUT2D eigenvalue weighted by atomic mass is 16.5. The van der Waals surface area contributed by atoms with Crippen molar-refractivity contribution >= 4 is 29.8 Å². The second-order valence-corrected chi connectivity index (χ2v) is 19.7. The standard InChI is InChI=1S/C53H62N8O7/c1-30(2)44(58-51(65)67-5)49(63)60-23-9-11-41(60)47-54-28-39(56-47)34-17-13-32(14-18-34)36-25-37-27-53(21-7-8-22-53)46(62)43(37)38(26-36)33-15-19-35(20-16-33)40-29-55-48(57-40)42-12-10-24-61(42)50(64)45(31(3)4)59-52(66)68-6/h13-20,25-26,28-31,41-42,44-45H,7-12,21-24,27H2,1-6H3,(H,54,56)(H,55,57)(H,58,65)(H,59,66). The summed E-state index contributed by atoms with van der Waals surface area (Å²) in [5.74, 6) is 1.12. The van der Waals surface area contributed by atoms with Gasteiger partial charge in [-0.2, -0.15) is 0 Å². The molecule has 68 heavy (non-hydrogen) atoms. The number of aromatic amines is 2. The van der Waals surface area contributed by atoms with Gasteiger partial charge in [-0.1, -0.05) is 95.1 Å². The predicted molar refractivity (Wildman–Crippen MR) is 257 cm³/mol. The summed E-state index contributed by atoms with van der Waals surface area (Å²) in [6.45, 7) is 8.76. The van der Waals surface area contributed by atoms with Crippen LogP contribution >= 0.6 is 0 Å². The normalized spacial score (nSPS) is 19.4. The van der Waals surface area contributed by atoms with Crippen LogP contribution in [0.5, 0.6) is 0 Å². The van der Waals surface area contributed by atoms with E-state index in [1.807, 2.05) is 43.7 Å². The van der Waals surface area contributed by atoms with Crippen molar-refractivity contribution in [1.29, 1.82) is 0 Å². The number of aromatic nitrogens is 4. The summed E-state index contributed by atoms with van der Waals surface area (Å²) in [4.78, 5) is 86.2. The highest BCUT2D eigenvalue weighted by molar-refractivity contribution is 6.11. The number of imidazole rings is 2. The van der Waals surface area contributed by atoms with Gasteiger partial charge in [0.25, 0.3) is 0 Å². The topological polar surface area (TPSA) is 192 Å². The first kappa shape index (κ1) is 46.3. The van der Waals surface area contributed by atoms with Crippen LogP contribution in [-0.4, -0.2) is 98.9 Å². The van der Waals surface area contributed by atoms with Gasteiger partial charge in [0.2, 0.25) is 11.8 Å². The zero-order valence-electron chi connectivity index (χ0n) is 39.8. The molecule has 1 saturated carbocycles. The van der Waals surface area contributed by atoms with Gasteiger partial charge in [-0.15, -0.1) is 0 Å². The van der Waals surface area contributed by atoms with Crippen LogP contribution in [0.1, 0.15) is 119 Å². The quantitative estimate of drug-likeness (QED) is 0.0945. The number of fused-ring (bicyclic) bond motifs is 1. The molecule has 3 fully saturated rings. The maximum Gasteiger partial charge on any atom is 0.407 e. The minimum Gasteiger partial charge on any atom is -0.453 e. The summed E-state index contributed by atoms with van der Waals surface area (Å²) in [6.07, 6.45) is 10.2. The third kappa shape index (κ3) is 8.78. The Labute approximate surface area is 397 Å². The van der Waals surface area contributed by atoms with Crippen molar-refractivity contribution in [2.24, 2.45) is 17.3 Å². The summed E-state index contributed by atoms with van der Waals surface area (Å²) in [5, 5.41) is 5.43. The lowest BCUT2D eigenvalue weighted by molar-refractivity contribution is -0.136. The minimum atomic E-state index is -0.714. The van der Waals surface area contributed by atoms with Gasteiger partial charge in [0.1, 0.15) is 23.7 Å². The molecule has 4 atom stereocenters. The number of hydrogen-bond donors (Lipinski definition) is 4. The van der Waals surface area contributed by atoms with Crippen LogP contribution in [0, 0.1) is 17.3 Å². The number of carbonyl (C=O) groups excluding carboxylic acids is 5. The number of H-pyrrole nitrogens is 2. The predicted octanol–water partition coefficient (Wildman–Crippen LogP) is 9.19. The summed E-state index contributed by atoms with van der Waals surface area (Å²) in [6, 6.07) is 19.1. The third-order valence-corrected chi connectivity index (χ3v) is 14.7. The van der Waals surface area contributed by atoms with E-state index >= 15 is 0 Å². The molecule has 4 aliphatic rings. The molecular weight excluding hydrogens is 861 g/mol. The van der Waals surface area contributed by atoms with Crippen molar-refractivity contribution in [1.82, 2.24) is 40.4 Å². The first-order valence-corrected chi connectivity index (χ1v) is 24.1. The van der Waals surface area contributed by atoms with Crippen LogP contribution in [0.15, 0.2) is 73.1 Å². The number of likely N-dealkylation sites (tertiary alicyclic amines) is 2. The maximum absolute atomic E-state index is 14.5. The van der Waals surface area contributed by atoms with Crippen LogP contribution in [-0.2, 0) is 25.5 Å². The van der Waals surface area contributed by atoms with Gasteiger partial charge in [0.15, 0.2) is 5.78 Å². The van der Waals surface area contributed by atoms with Gasteiger partial charge in [-0.3, -0.25) is 14.4 Å². The number of alkyl carbamates (subject to hydrolysis) is 2. The molecule has 4 amide bonds. The molecule has 2 aliphatic heterocycles. The zero-order valence-corrected chi connectivity index (χ0v) is 39.8. The Morgan fingerprint density at radius 3 is 1.56 bits per heavy atom. The highest BCUT2D eigenvalue weighted by Gasteiger charge is 2.48. The largest absolute Gasteiger partial charge is 0.453 e. The smallest absolute Gasteiger partial charge is 0.407 e. The SMILES string of the molecule is COC(=O)NC(C(=O)N1CCCC1c1ncc(-c2ccc(-c3cc4c(c(-c5ccc(-c6cnc(C7CCCN7C(=O)C(NC(=O)OC)C(C)C)[nH]6)cc5)c3)C(=O)C3(CCCC3)C4)cc2)[nH]1)C(C)C. The molecule has 4 heterocycles. The fraction of sp³-hybridized carbons (Fsp3) is 0.453. The average molecular weight is 923 g/mol. The number of amides is 4. The molecule has 15 heteroatoms. The van der Waals surface area contributed by atoms with Crippen molar-refractivity contribution in [3.8, 4) is 44.8 Å². The molecule has 0 bridgehead atoms.